The fourth-order valence-electron chi connectivity index (χ4n) is 3.28. The zero-order valence-corrected chi connectivity index (χ0v) is 17.4. The van der Waals surface area contributed by atoms with Crippen LogP contribution in [0.5, 0.6) is 0 Å². The minimum Gasteiger partial charge on any atom is -0.466 e. The van der Waals surface area contributed by atoms with Crippen molar-refractivity contribution in [2.45, 2.75) is 103 Å². The molecular formula is C23H36O4. The zero-order valence-electron chi connectivity index (χ0n) is 17.4. The molecule has 4 nitrogen and oxygen atoms in total. The predicted molar refractivity (Wildman–Crippen MR) is 108 cm³/mol. The van der Waals surface area contributed by atoms with Crippen LogP contribution in [0.1, 0.15) is 97.8 Å². The highest BCUT2D eigenvalue weighted by molar-refractivity contribution is 5.99. The maximum Gasteiger partial charge on any atom is 0.305 e. The SMILES string of the molecule is CCCCC(C)(O)CC#CC1=C(CCCCCCC(=O)OCC)C(=O)CC1. The summed E-state index contributed by atoms with van der Waals surface area (Å²) < 4.78 is 4.92. The number of esters is 1. The molecule has 1 aliphatic rings. The number of Topliss-reactive ketones (excluding diaryl/α,β-unsaturated/α-hetero) is 1. The van der Waals surface area contributed by atoms with Gasteiger partial charge in [-0.05, 0) is 46.0 Å². The summed E-state index contributed by atoms with van der Waals surface area (Å²) in [4.78, 5) is 23.4. The molecule has 1 aliphatic carbocycles. The van der Waals surface area contributed by atoms with Gasteiger partial charge in [-0.3, -0.25) is 9.59 Å². The van der Waals surface area contributed by atoms with Gasteiger partial charge in [0.05, 0.1) is 12.2 Å². The van der Waals surface area contributed by atoms with Crippen molar-refractivity contribution in [1.82, 2.24) is 0 Å². The molecule has 0 heterocycles. The van der Waals surface area contributed by atoms with E-state index in [1.54, 1.807) is 0 Å². The molecule has 0 saturated carbocycles. The molecule has 0 aliphatic heterocycles. The zero-order chi connectivity index (χ0) is 20.1. The van der Waals surface area contributed by atoms with Crippen LogP contribution in [0.25, 0.3) is 0 Å². The highest BCUT2D eigenvalue weighted by atomic mass is 16.5. The van der Waals surface area contributed by atoms with E-state index in [1.165, 1.54) is 0 Å². The second-order valence-electron chi connectivity index (χ2n) is 7.68. The van der Waals surface area contributed by atoms with E-state index >= 15 is 0 Å². The number of ether oxygens (including phenoxy) is 1. The van der Waals surface area contributed by atoms with Crippen LogP contribution < -0.4 is 0 Å². The van der Waals surface area contributed by atoms with Crippen molar-refractivity contribution in [3.63, 3.8) is 0 Å². The van der Waals surface area contributed by atoms with Crippen LogP contribution in [-0.4, -0.2) is 29.1 Å². The first kappa shape index (κ1) is 23.4. The van der Waals surface area contributed by atoms with Crippen molar-refractivity contribution in [3.05, 3.63) is 11.1 Å². The van der Waals surface area contributed by atoms with E-state index in [9.17, 15) is 14.7 Å². The summed E-state index contributed by atoms with van der Waals surface area (Å²) in [5.74, 6) is 6.36. The van der Waals surface area contributed by atoms with E-state index in [4.69, 9.17) is 4.74 Å². The molecule has 1 N–H and O–H groups in total. The Hall–Kier alpha value is -1.60. The van der Waals surface area contributed by atoms with Gasteiger partial charge in [-0.25, -0.2) is 0 Å². The van der Waals surface area contributed by atoms with E-state index in [1.807, 2.05) is 13.8 Å². The van der Waals surface area contributed by atoms with Gasteiger partial charge >= 0.3 is 5.97 Å². The van der Waals surface area contributed by atoms with Crippen molar-refractivity contribution in [3.8, 4) is 11.8 Å². The van der Waals surface area contributed by atoms with E-state index in [-0.39, 0.29) is 11.8 Å². The lowest BCUT2D eigenvalue weighted by Gasteiger charge is -2.19. The first-order valence-electron chi connectivity index (χ1n) is 10.5. The molecule has 0 aromatic rings. The Morgan fingerprint density at radius 1 is 1.15 bits per heavy atom. The number of ketones is 1. The molecular weight excluding hydrogens is 340 g/mol. The predicted octanol–water partition coefficient (Wildman–Crippen LogP) is 4.88. The molecule has 1 unspecified atom stereocenters. The number of rotatable bonds is 12. The lowest BCUT2D eigenvalue weighted by molar-refractivity contribution is -0.143. The summed E-state index contributed by atoms with van der Waals surface area (Å²) in [6, 6.07) is 0. The maximum absolute atomic E-state index is 12.1. The second-order valence-corrected chi connectivity index (χ2v) is 7.68. The molecule has 0 saturated heterocycles. The number of hydrogen-bond acceptors (Lipinski definition) is 4. The molecule has 0 aromatic carbocycles. The van der Waals surface area contributed by atoms with Gasteiger partial charge in [-0.1, -0.05) is 44.4 Å². The highest BCUT2D eigenvalue weighted by Crippen LogP contribution is 2.27. The van der Waals surface area contributed by atoms with Crippen LogP contribution >= 0.6 is 0 Å². The van der Waals surface area contributed by atoms with Gasteiger partial charge in [0.1, 0.15) is 0 Å². The smallest absolute Gasteiger partial charge is 0.305 e. The summed E-state index contributed by atoms with van der Waals surface area (Å²) in [7, 11) is 0. The van der Waals surface area contributed by atoms with Crippen molar-refractivity contribution < 1.29 is 19.4 Å². The van der Waals surface area contributed by atoms with Crippen molar-refractivity contribution in [2.75, 3.05) is 6.61 Å². The number of aliphatic hydroxyl groups is 1. The minimum atomic E-state index is -0.745. The number of carbonyl (C=O) groups excluding carboxylic acids is 2. The Morgan fingerprint density at radius 3 is 2.59 bits per heavy atom. The normalized spacial score (nSPS) is 16.1. The van der Waals surface area contributed by atoms with Gasteiger partial charge in [0.25, 0.3) is 0 Å². The molecule has 0 bridgehead atoms. The summed E-state index contributed by atoms with van der Waals surface area (Å²) in [6.45, 7) is 6.20. The molecule has 1 rings (SSSR count). The molecule has 0 radical (unpaired) electrons. The van der Waals surface area contributed by atoms with Gasteiger partial charge in [0.15, 0.2) is 5.78 Å². The fraction of sp³-hybridized carbons (Fsp3) is 0.739. The Kier molecular flexibility index (Phi) is 11.0. The second kappa shape index (κ2) is 12.7. The standard InChI is InChI=1S/C23H36O4/c1-4-6-17-23(3,26)18-11-12-19-15-16-21(24)20(19)13-9-7-8-10-14-22(25)27-5-2/h26H,4-10,13-18H2,1-3H3. The quantitative estimate of drug-likeness (QED) is 0.299. The molecule has 27 heavy (non-hydrogen) atoms. The molecule has 4 heteroatoms. The first-order valence-corrected chi connectivity index (χ1v) is 10.5. The van der Waals surface area contributed by atoms with E-state index < -0.39 is 5.60 Å². The van der Waals surface area contributed by atoms with Crippen molar-refractivity contribution in [2.24, 2.45) is 0 Å². The Labute approximate surface area is 164 Å². The van der Waals surface area contributed by atoms with Crippen LogP contribution in [0.3, 0.4) is 0 Å². The van der Waals surface area contributed by atoms with Gasteiger partial charge in [-0.15, -0.1) is 0 Å². The highest BCUT2D eigenvalue weighted by Gasteiger charge is 2.22. The summed E-state index contributed by atoms with van der Waals surface area (Å²) in [6.07, 6.45) is 9.58. The first-order chi connectivity index (χ1) is 12.9. The fourth-order valence-corrected chi connectivity index (χ4v) is 3.28. The van der Waals surface area contributed by atoms with Crippen LogP contribution in [0, 0.1) is 11.8 Å². The number of hydrogen-bond donors (Lipinski definition) is 1. The Bertz CT molecular complexity index is 575. The summed E-state index contributed by atoms with van der Waals surface area (Å²) >= 11 is 0. The molecule has 0 amide bonds. The Morgan fingerprint density at radius 2 is 1.89 bits per heavy atom. The molecule has 0 fully saturated rings. The van der Waals surface area contributed by atoms with Crippen LogP contribution in [-0.2, 0) is 14.3 Å². The van der Waals surface area contributed by atoms with Crippen LogP contribution in [0.15, 0.2) is 11.1 Å². The monoisotopic (exact) mass is 376 g/mol. The average molecular weight is 377 g/mol. The van der Waals surface area contributed by atoms with Crippen LogP contribution in [0.2, 0.25) is 0 Å². The lowest BCUT2D eigenvalue weighted by Crippen LogP contribution is -2.22. The van der Waals surface area contributed by atoms with Gasteiger partial charge in [-0.2, -0.15) is 0 Å². The van der Waals surface area contributed by atoms with E-state index in [0.717, 1.165) is 68.9 Å². The molecule has 0 spiro atoms. The molecule has 1 atom stereocenters. The summed E-state index contributed by atoms with van der Waals surface area (Å²) in [5, 5.41) is 10.3. The largest absolute Gasteiger partial charge is 0.466 e. The minimum absolute atomic E-state index is 0.126. The van der Waals surface area contributed by atoms with Crippen molar-refractivity contribution in [1.29, 1.82) is 0 Å². The third-order valence-electron chi connectivity index (χ3n) is 4.94. The third-order valence-corrected chi connectivity index (χ3v) is 4.94. The topological polar surface area (TPSA) is 63.6 Å². The number of allylic oxidation sites excluding steroid dienone is 2. The van der Waals surface area contributed by atoms with Gasteiger partial charge < -0.3 is 9.84 Å². The van der Waals surface area contributed by atoms with Gasteiger partial charge in [0, 0.05) is 30.4 Å². The van der Waals surface area contributed by atoms with Crippen molar-refractivity contribution >= 4 is 11.8 Å². The average Bonchev–Trinajstić information content (AvgIpc) is 2.96. The maximum atomic E-state index is 12.1. The van der Waals surface area contributed by atoms with Gasteiger partial charge in [0.2, 0.25) is 0 Å². The molecule has 0 aromatic heterocycles. The van der Waals surface area contributed by atoms with E-state index in [0.29, 0.717) is 25.9 Å². The van der Waals surface area contributed by atoms with Crippen LogP contribution in [0.4, 0.5) is 0 Å². The number of unbranched alkanes of at least 4 members (excludes halogenated alkanes) is 4. The van der Waals surface area contributed by atoms with E-state index in [2.05, 4.69) is 18.8 Å². The lowest BCUT2D eigenvalue weighted by atomic mass is 9.95. The summed E-state index contributed by atoms with van der Waals surface area (Å²) in [5.41, 5.74) is 1.12. The molecule has 152 valence electrons. The third kappa shape index (κ3) is 9.77. The Balaban J connectivity index is 2.42. The number of carbonyl (C=O) groups is 2.